The largest absolute Gasteiger partial charge is 0.417 e. The molecule has 0 saturated heterocycles. The van der Waals surface area contributed by atoms with E-state index in [-0.39, 0.29) is 18.2 Å². The molecule has 0 fully saturated rings. The zero-order valence-electron chi connectivity index (χ0n) is 12.2. The smallest absolute Gasteiger partial charge is 0.392 e. The second-order valence-corrected chi connectivity index (χ2v) is 5.51. The normalized spacial score (nSPS) is 14.5. The zero-order valence-corrected chi connectivity index (χ0v) is 12.9. The van der Waals surface area contributed by atoms with Crippen molar-refractivity contribution >= 4 is 23.2 Å². The summed E-state index contributed by atoms with van der Waals surface area (Å²) in [6.07, 6.45) is -5.06. The molecule has 1 amide bonds. The van der Waals surface area contributed by atoms with Gasteiger partial charge in [0.1, 0.15) is 0 Å². The molecule has 0 bridgehead atoms. The van der Waals surface area contributed by atoms with Gasteiger partial charge in [0.05, 0.1) is 16.7 Å². The molecule has 3 N–H and O–H groups in total. The summed E-state index contributed by atoms with van der Waals surface area (Å²) in [6, 6.07) is 2.98. The van der Waals surface area contributed by atoms with E-state index >= 15 is 0 Å². The van der Waals surface area contributed by atoms with Gasteiger partial charge in [-0.3, -0.25) is 4.79 Å². The van der Waals surface area contributed by atoms with E-state index in [0.29, 0.717) is 6.54 Å². The molecule has 0 aliphatic rings. The van der Waals surface area contributed by atoms with Crippen molar-refractivity contribution in [3.63, 3.8) is 0 Å². The van der Waals surface area contributed by atoms with Crippen LogP contribution in [0.1, 0.15) is 25.8 Å². The van der Waals surface area contributed by atoms with Crippen molar-refractivity contribution in [2.24, 2.45) is 0 Å². The molecule has 1 rings (SSSR count). The van der Waals surface area contributed by atoms with Crippen molar-refractivity contribution < 1.29 is 23.1 Å². The number of benzene rings is 1. The summed E-state index contributed by atoms with van der Waals surface area (Å²) in [6.45, 7) is 3.67. The highest BCUT2D eigenvalue weighted by Crippen LogP contribution is 2.36. The fourth-order valence-corrected chi connectivity index (χ4v) is 1.98. The molecule has 2 atom stereocenters. The lowest BCUT2D eigenvalue weighted by Crippen LogP contribution is -2.35. The average Bonchev–Trinajstić information content (AvgIpc) is 2.37. The van der Waals surface area contributed by atoms with Gasteiger partial charge in [-0.05, 0) is 32.0 Å². The minimum Gasteiger partial charge on any atom is -0.392 e. The topological polar surface area (TPSA) is 61.4 Å². The van der Waals surface area contributed by atoms with E-state index in [9.17, 15) is 18.0 Å². The van der Waals surface area contributed by atoms with E-state index in [1.807, 2.05) is 0 Å². The Bertz CT molecular complexity index is 521. The molecule has 0 aromatic heterocycles. The first-order chi connectivity index (χ1) is 10.1. The number of rotatable bonds is 6. The van der Waals surface area contributed by atoms with Crippen LogP contribution in [0.3, 0.4) is 0 Å². The molecular weight excluding hydrogens is 321 g/mol. The van der Waals surface area contributed by atoms with Crippen LogP contribution in [0.5, 0.6) is 0 Å². The van der Waals surface area contributed by atoms with Gasteiger partial charge in [0.25, 0.3) is 0 Å². The van der Waals surface area contributed by atoms with Gasteiger partial charge in [0, 0.05) is 24.7 Å². The van der Waals surface area contributed by atoms with Crippen LogP contribution in [0, 0.1) is 0 Å². The second-order valence-electron chi connectivity index (χ2n) is 5.10. The highest BCUT2D eigenvalue weighted by molar-refractivity contribution is 6.31. The van der Waals surface area contributed by atoms with Crippen LogP contribution in [0.15, 0.2) is 18.2 Å². The first-order valence-electron chi connectivity index (χ1n) is 6.67. The summed E-state index contributed by atoms with van der Waals surface area (Å²) in [5.41, 5.74) is -0.961. The van der Waals surface area contributed by atoms with E-state index in [4.69, 9.17) is 16.7 Å². The number of aliphatic hydroxyl groups excluding tert-OH is 1. The SMILES string of the molecule is CC(O)CNC(C)CC(=O)Nc1ccc(Cl)c(C(F)(F)F)c1. The maximum absolute atomic E-state index is 12.7. The van der Waals surface area contributed by atoms with Crippen LogP contribution in [0.4, 0.5) is 18.9 Å². The number of halogens is 4. The molecule has 1 aromatic carbocycles. The Labute approximate surface area is 131 Å². The highest BCUT2D eigenvalue weighted by atomic mass is 35.5. The molecule has 0 aliphatic heterocycles. The Kier molecular flexibility index (Phi) is 6.65. The minimum atomic E-state index is -4.58. The molecule has 0 aliphatic carbocycles. The third kappa shape index (κ3) is 6.21. The van der Waals surface area contributed by atoms with E-state index in [2.05, 4.69) is 10.6 Å². The number of hydrogen-bond acceptors (Lipinski definition) is 3. The number of amides is 1. The fourth-order valence-electron chi connectivity index (χ4n) is 1.75. The van der Waals surface area contributed by atoms with Gasteiger partial charge in [-0.15, -0.1) is 0 Å². The number of anilines is 1. The van der Waals surface area contributed by atoms with E-state index in [1.165, 1.54) is 6.07 Å². The Hall–Kier alpha value is -1.31. The lowest BCUT2D eigenvalue weighted by atomic mass is 10.1. The van der Waals surface area contributed by atoms with Gasteiger partial charge in [-0.25, -0.2) is 0 Å². The predicted octanol–water partition coefficient (Wildman–Crippen LogP) is 3.05. The van der Waals surface area contributed by atoms with Crippen molar-refractivity contribution in [3.05, 3.63) is 28.8 Å². The summed E-state index contributed by atoms with van der Waals surface area (Å²) in [5.74, 6) is -0.430. The van der Waals surface area contributed by atoms with Gasteiger partial charge in [0.2, 0.25) is 5.91 Å². The second kappa shape index (κ2) is 7.80. The van der Waals surface area contributed by atoms with Crippen LogP contribution in [0.25, 0.3) is 0 Å². The summed E-state index contributed by atoms with van der Waals surface area (Å²) in [4.78, 5) is 11.8. The first-order valence-corrected chi connectivity index (χ1v) is 7.05. The van der Waals surface area contributed by atoms with Crippen molar-refractivity contribution in [3.8, 4) is 0 Å². The third-order valence-corrected chi connectivity index (χ3v) is 3.14. The molecule has 4 nitrogen and oxygen atoms in total. The standard InChI is InChI=1S/C14H18ClF3N2O2/c1-8(19-7-9(2)21)5-13(22)20-10-3-4-12(15)11(6-10)14(16,17)18/h3-4,6,8-9,19,21H,5,7H2,1-2H3,(H,20,22). The van der Waals surface area contributed by atoms with E-state index in [1.54, 1.807) is 13.8 Å². The third-order valence-electron chi connectivity index (χ3n) is 2.81. The minimum absolute atomic E-state index is 0.0319. The van der Waals surface area contributed by atoms with Crippen molar-refractivity contribution in [1.82, 2.24) is 5.32 Å². The van der Waals surface area contributed by atoms with Crippen LogP contribution in [0.2, 0.25) is 5.02 Å². The number of hydrogen-bond donors (Lipinski definition) is 3. The maximum Gasteiger partial charge on any atom is 0.417 e. The predicted molar refractivity (Wildman–Crippen MR) is 78.8 cm³/mol. The van der Waals surface area contributed by atoms with Crippen molar-refractivity contribution in [2.75, 3.05) is 11.9 Å². The maximum atomic E-state index is 12.7. The Balaban J connectivity index is 2.65. The number of aliphatic hydroxyl groups is 1. The molecule has 124 valence electrons. The molecule has 2 unspecified atom stereocenters. The first kappa shape index (κ1) is 18.7. The number of alkyl halides is 3. The highest BCUT2D eigenvalue weighted by Gasteiger charge is 2.33. The van der Waals surface area contributed by atoms with E-state index < -0.39 is 28.8 Å². The van der Waals surface area contributed by atoms with Gasteiger partial charge >= 0.3 is 6.18 Å². The number of nitrogens with one attached hydrogen (secondary N) is 2. The van der Waals surface area contributed by atoms with Crippen LogP contribution < -0.4 is 10.6 Å². The van der Waals surface area contributed by atoms with Gasteiger partial charge in [0.15, 0.2) is 0 Å². The quantitative estimate of drug-likeness (QED) is 0.747. The van der Waals surface area contributed by atoms with Crippen LogP contribution in [-0.4, -0.2) is 29.7 Å². The number of carbonyl (C=O) groups is 1. The molecule has 8 heteroatoms. The van der Waals surface area contributed by atoms with Crippen LogP contribution >= 0.6 is 11.6 Å². The van der Waals surface area contributed by atoms with Crippen molar-refractivity contribution in [2.45, 2.75) is 38.6 Å². The molecule has 0 radical (unpaired) electrons. The zero-order chi connectivity index (χ0) is 16.9. The summed E-state index contributed by atoms with van der Waals surface area (Å²) in [5, 5.41) is 14.0. The van der Waals surface area contributed by atoms with Crippen LogP contribution in [-0.2, 0) is 11.0 Å². The fraction of sp³-hybridized carbons (Fsp3) is 0.500. The number of carbonyl (C=O) groups excluding carboxylic acids is 1. The monoisotopic (exact) mass is 338 g/mol. The Morgan fingerprint density at radius 3 is 2.55 bits per heavy atom. The summed E-state index contributed by atoms with van der Waals surface area (Å²) >= 11 is 5.51. The summed E-state index contributed by atoms with van der Waals surface area (Å²) in [7, 11) is 0. The molecular formula is C14H18ClF3N2O2. The van der Waals surface area contributed by atoms with Gasteiger partial charge in [-0.1, -0.05) is 11.6 Å². The molecule has 1 aromatic rings. The molecule has 0 spiro atoms. The van der Waals surface area contributed by atoms with Gasteiger partial charge < -0.3 is 15.7 Å². The molecule has 22 heavy (non-hydrogen) atoms. The summed E-state index contributed by atoms with van der Waals surface area (Å²) < 4.78 is 38.2. The van der Waals surface area contributed by atoms with E-state index in [0.717, 1.165) is 12.1 Å². The Morgan fingerprint density at radius 1 is 1.36 bits per heavy atom. The van der Waals surface area contributed by atoms with Gasteiger partial charge in [-0.2, -0.15) is 13.2 Å². The van der Waals surface area contributed by atoms with Crippen molar-refractivity contribution in [1.29, 1.82) is 0 Å². The molecule has 0 heterocycles. The molecule has 0 saturated carbocycles. The lowest BCUT2D eigenvalue weighted by Gasteiger charge is -2.15. The average molecular weight is 339 g/mol. The Morgan fingerprint density at radius 2 is 2.00 bits per heavy atom. The lowest BCUT2D eigenvalue weighted by molar-refractivity contribution is -0.137.